The van der Waals surface area contributed by atoms with Crippen molar-refractivity contribution in [2.24, 2.45) is 0 Å². The van der Waals surface area contributed by atoms with Crippen LogP contribution in [0.15, 0.2) is 10.7 Å². The van der Waals surface area contributed by atoms with E-state index in [1.54, 1.807) is 0 Å². The van der Waals surface area contributed by atoms with E-state index in [0.29, 0.717) is 0 Å². The van der Waals surface area contributed by atoms with Crippen LogP contribution in [0.25, 0.3) is 0 Å². The van der Waals surface area contributed by atoms with E-state index >= 15 is 0 Å². The molecule has 0 aliphatic rings. The molecular formula is C4H5N3O2. The van der Waals surface area contributed by atoms with Crippen molar-refractivity contribution in [3.05, 3.63) is 11.8 Å². The molecule has 9 heavy (non-hydrogen) atoms. The van der Waals surface area contributed by atoms with Crippen LogP contribution in [0.5, 0.6) is 0 Å². The van der Waals surface area contributed by atoms with Gasteiger partial charge in [-0.2, -0.15) is 4.68 Å². The van der Waals surface area contributed by atoms with Gasteiger partial charge in [0.15, 0.2) is 0 Å². The molecule has 0 bridgehead atoms. The van der Waals surface area contributed by atoms with Gasteiger partial charge in [0, 0.05) is 0 Å². The number of carbonyl (C=O) groups excluding carboxylic acids is 1. The number of nitrogens with zero attached hydrogens (tertiary/aromatic N) is 2. The summed E-state index contributed by atoms with van der Waals surface area (Å²) in [5, 5.41) is 10.0. The second-order valence-electron chi connectivity index (χ2n) is 1.53. The number of hydrogen-bond acceptors (Lipinski definition) is 3. The Morgan fingerprint density at radius 3 is 2.89 bits per heavy atom. The van der Waals surface area contributed by atoms with Gasteiger partial charge in [0.25, 0.3) is 5.55 Å². The quantitative estimate of drug-likeness (QED) is 0.438. The van der Waals surface area contributed by atoms with Gasteiger partial charge >= 0.3 is 5.91 Å². The molecule has 0 spiro atoms. The number of aromatic nitrogens is 2. The molecule has 1 rings (SSSR count). The van der Waals surface area contributed by atoms with Crippen LogP contribution in [0.3, 0.4) is 0 Å². The maximum absolute atomic E-state index is 10.4. The van der Waals surface area contributed by atoms with Crippen molar-refractivity contribution in [2.75, 3.05) is 0 Å². The van der Waals surface area contributed by atoms with Crippen LogP contribution in [0.2, 0.25) is 0 Å². The van der Waals surface area contributed by atoms with Crippen molar-refractivity contribution in [2.45, 2.75) is 6.92 Å². The average Bonchev–Trinajstić information content (AvgIpc) is 2.14. The minimum absolute atomic E-state index is 0.120. The number of carbonyl (C=O) groups is 1. The lowest BCUT2D eigenvalue weighted by Crippen LogP contribution is -2.43. The maximum Gasteiger partial charge on any atom is 0.381 e. The topological polar surface area (TPSA) is 72.0 Å². The van der Waals surface area contributed by atoms with Crippen molar-refractivity contribution in [3.8, 4) is 0 Å². The number of hydrogen-bond donors (Lipinski definition) is 1. The smallest absolute Gasteiger partial charge is 0.381 e. The molecular weight excluding hydrogens is 122 g/mol. The van der Waals surface area contributed by atoms with E-state index in [0.717, 1.165) is 4.68 Å². The highest BCUT2D eigenvalue weighted by atomic mass is 16.5. The van der Waals surface area contributed by atoms with Gasteiger partial charge in [-0.3, -0.25) is 5.41 Å². The van der Waals surface area contributed by atoms with Crippen molar-refractivity contribution in [1.82, 2.24) is 5.27 Å². The summed E-state index contributed by atoms with van der Waals surface area (Å²) in [6.45, 7) is 1.34. The Hall–Kier alpha value is -1.39. The van der Waals surface area contributed by atoms with E-state index in [1.807, 2.05) is 0 Å². The zero-order valence-electron chi connectivity index (χ0n) is 4.79. The summed E-state index contributed by atoms with van der Waals surface area (Å²) in [5.41, 5.74) is -0.120. The second-order valence-corrected chi connectivity index (χ2v) is 1.53. The molecule has 0 aromatic carbocycles. The van der Waals surface area contributed by atoms with Crippen LogP contribution < -0.4 is 15.5 Å². The zero-order chi connectivity index (χ0) is 6.85. The van der Waals surface area contributed by atoms with Crippen molar-refractivity contribution >= 4 is 5.91 Å². The Morgan fingerprint density at radius 1 is 2.00 bits per heavy atom. The Morgan fingerprint density at radius 2 is 2.67 bits per heavy atom. The molecule has 0 saturated heterocycles. The van der Waals surface area contributed by atoms with Crippen LogP contribution >= 0.6 is 0 Å². The summed E-state index contributed by atoms with van der Waals surface area (Å²) in [5.74, 6) is -0.266. The van der Waals surface area contributed by atoms with Gasteiger partial charge in [-0.25, -0.2) is 10.1 Å². The predicted octanol–water partition coefficient (Wildman–Crippen LogP) is -1.34. The van der Waals surface area contributed by atoms with E-state index in [1.165, 1.54) is 13.1 Å². The fourth-order valence-electron chi connectivity index (χ4n) is 0.395. The third kappa shape index (κ3) is 1.04. The summed E-state index contributed by atoms with van der Waals surface area (Å²) in [6.07, 6.45) is 1.20. The van der Waals surface area contributed by atoms with E-state index in [-0.39, 0.29) is 11.5 Å². The third-order valence-electron chi connectivity index (χ3n) is 0.789. The Kier molecular flexibility index (Phi) is 1.18. The summed E-state index contributed by atoms with van der Waals surface area (Å²) in [4.78, 5) is 10.4. The molecule has 0 aliphatic carbocycles. The van der Waals surface area contributed by atoms with Gasteiger partial charge in [-0.1, -0.05) is 0 Å². The Bertz CT molecular complexity index is 271. The summed E-state index contributed by atoms with van der Waals surface area (Å²) in [6, 6.07) is 0. The van der Waals surface area contributed by atoms with Crippen LogP contribution in [-0.4, -0.2) is 5.91 Å². The first kappa shape index (κ1) is 5.74. The first-order valence-corrected chi connectivity index (χ1v) is 2.31. The minimum Gasteiger partial charge on any atom is -0.486 e. The van der Waals surface area contributed by atoms with Gasteiger partial charge in [0.05, 0.1) is 6.92 Å². The molecule has 0 radical (unpaired) electrons. The number of nitrogens with one attached hydrogen (secondary N) is 1. The van der Waals surface area contributed by atoms with Crippen LogP contribution in [0, 0.1) is 5.41 Å². The molecule has 0 atom stereocenters. The lowest BCUT2D eigenvalue weighted by Gasteiger charge is -1.83. The molecule has 0 saturated carbocycles. The van der Waals surface area contributed by atoms with Gasteiger partial charge in [-0.05, 0) is 0 Å². The third-order valence-corrected chi connectivity index (χ3v) is 0.789. The molecule has 0 amide bonds. The Balaban J connectivity index is 3.12. The average molecular weight is 127 g/mol. The van der Waals surface area contributed by atoms with Crippen molar-refractivity contribution in [1.29, 1.82) is 5.41 Å². The van der Waals surface area contributed by atoms with E-state index in [4.69, 9.17) is 5.41 Å². The Labute approximate surface area is 50.4 Å². The van der Waals surface area contributed by atoms with E-state index in [9.17, 15) is 4.79 Å². The monoisotopic (exact) mass is 127 g/mol. The molecule has 48 valence electrons. The molecule has 0 fully saturated rings. The predicted molar refractivity (Wildman–Crippen MR) is 24.4 cm³/mol. The normalized spacial score (nSPS) is 9.44. The maximum atomic E-state index is 10.4. The fraction of sp³-hybridized carbons (Fsp3) is 0.250. The highest BCUT2D eigenvalue weighted by molar-refractivity contribution is 5.62. The lowest BCUT2D eigenvalue weighted by molar-refractivity contribution is -0.653. The first-order valence-electron chi connectivity index (χ1n) is 2.31. The van der Waals surface area contributed by atoms with Gasteiger partial charge in [0.1, 0.15) is 0 Å². The minimum atomic E-state index is -0.266. The summed E-state index contributed by atoms with van der Waals surface area (Å²) < 4.78 is 5.25. The highest BCUT2D eigenvalue weighted by Gasteiger charge is 2.00. The molecule has 1 heterocycles. The van der Waals surface area contributed by atoms with Crippen molar-refractivity contribution in [3.63, 3.8) is 0 Å². The first-order chi connectivity index (χ1) is 4.20. The summed E-state index contributed by atoms with van der Waals surface area (Å²) >= 11 is 0. The van der Waals surface area contributed by atoms with E-state index in [2.05, 4.69) is 9.79 Å². The number of rotatable bonds is 0. The molecule has 5 heteroatoms. The molecule has 1 aromatic rings. The zero-order valence-corrected chi connectivity index (χ0v) is 4.79. The molecule has 0 aliphatic heterocycles. The molecule has 1 N–H and O–H groups in total. The van der Waals surface area contributed by atoms with Crippen LogP contribution in [-0.2, 0) is 0 Å². The highest BCUT2D eigenvalue weighted by Crippen LogP contribution is 1.57. The summed E-state index contributed by atoms with van der Waals surface area (Å²) in [7, 11) is 0. The lowest BCUT2D eigenvalue weighted by atomic mass is 10.7. The molecule has 0 unspecified atom stereocenters. The largest absolute Gasteiger partial charge is 0.486 e. The SMILES string of the molecule is CC(=O)[n+]1cc(=N)o[n-]1. The van der Waals surface area contributed by atoms with Gasteiger partial charge in [-0.15, -0.1) is 0 Å². The standard InChI is InChI=1S/C4H5N3O2/c1-3(8)7-2-4(5)9-6-7/h2,5H,1H3. The van der Waals surface area contributed by atoms with Crippen LogP contribution in [0.1, 0.15) is 11.7 Å². The van der Waals surface area contributed by atoms with Crippen LogP contribution in [0.4, 0.5) is 0 Å². The second kappa shape index (κ2) is 1.85. The van der Waals surface area contributed by atoms with Gasteiger partial charge < -0.3 is 4.52 Å². The molecule has 1 aromatic heterocycles. The van der Waals surface area contributed by atoms with Crippen molar-refractivity contribution < 1.29 is 14.0 Å². The van der Waals surface area contributed by atoms with Gasteiger partial charge in [0.2, 0.25) is 6.20 Å². The molecule has 5 nitrogen and oxygen atoms in total. The fourth-order valence-corrected chi connectivity index (χ4v) is 0.395. The van der Waals surface area contributed by atoms with E-state index < -0.39 is 0 Å².